The second kappa shape index (κ2) is 4.24. The molecule has 0 radical (unpaired) electrons. The molecule has 1 N–H and O–H groups in total. The molecule has 0 aromatic heterocycles. The standard InChI is InChI=1S/C16H14O/c17-16(10-7-12-5-6-12)15-9-8-13-3-1-2-4-14(13)11-15/h1-4,8-9,11-12,16-17H,5-6H2. The number of fused-ring (bicyclic) bond motifs is 1. The summed E-state index contributed by atoms with van der Waals surface area (Å²) in [6.07, 6.45) is 1.73. The number of hydrogen-bond donors (Lipinski definition) is 1. The van der Waals surface area contributed by atoms with Gasteiger partial charge in [0.25, 0.3) is 0 Å². The van der Waals surface area contributed by atoms with Gasteiger partial charge in [0.15, 0.2) is 0 Å². The van der Waals surface area contributed by atoms with Gasteiger partial charge in [-0.05, 0) is 35.2 Å². The van der Waals surface area contributed by atoms with E-state index in [-0.39, 0.29) is 0 Å². The first-order valence-corrected chi connectivity index (χ1v) is 6.01. The molecule has 2 aromatic rings. The van der Waals surface area contributed by atoms with E-state index in [9.17, 15) is 5.11 Å². The van der Waals surface area contributed by atoms with E-state index in [4.69, 9.17) is 0 Å². The first kappa shape index (κ1) is 10.4. The fraction of sp³-hybridized carbons (Fsp3) is 0.250. The lowest BCUT2D eigenvalue weighted by molar-refractivity contribution is 0.238. The Morgan fingerprint density at radius 2 is 1.82 bits per heavy atom. The van der Waals surface area contributed by atoms with E-state index >= 15 is 0 Å². The predicted molar refractivity (Wildman–Crippen MR) is 69.4 cm³/mol. The maximum atomic E-state index is 9.98. The van der Waals surface area contributed by atoms with Crippen LogP contribution in [0.1, 0.15) is 24.5 Å². The van der Waals surface area contributed by atoms with Crippen molar-refractivity contribution in [1.82, 2.24) is 0 Å². The molecule has 0 heterocycles. The lowest BCUT2D eigenvalue weighted by Gasteiger charge is -2.05. The molecule has 1 fully saturated rings. The van der Waals surface area contributed by atoms with Crippen molar-refractivity contribution in [3.63, 3.8) is 0 Å². The van der Waals surface area contributed by atoms with Gasteiger partial charge in [-0.25, -0.2) is 0 Å². The quantitative estimate of drug-likeness (QED) is 0.734. The molecule has 1 unspecified atom stereocenters. The van der Waals surface area contributed by atoms with Crippen LogP contribution in [0.3, 0.4) is 0 Å². The fourth-order valence-electron chi connectivity index (χ4n) is 1.89. The molecule has 0 amide bonds. The number of benzene rings is 2. The van der Waals surface area contributed by atoms with Gasteiger partial charge < -0.3 is 5.11 Å². The van der Waals surface area contributed by atoms with Crippen molar-refractivity contribution < 1.29 is 5.11 Å². The van der Waals surface area contributed by atoms with Crippen molar-refractivity contribution in [3.8, 4) is 11.8 Å². The zero-order chi connectivity index (χ0) is 11.7. The molecule has 1 aliphatic rings. The Morgan fingerprint density at radius 3 is 2.59 bits per heavy atom. The van der Waals surface area contributed by atoms with Gasteiger partial charge in [-0.1, -0.05) is 48.2 Å². The average Bonchev–Trinajstić information content (AvgIpc) is 3.19. The van der Waals surface area contributed by atoms with Crippen molar-refractivity contribution in [2.45, 2.75) is 18.9 Å². The van der Waals surface area contributed by atoms with Gasteiger partial charge >= 0.3 is 0 Å². The van der Waals surface area contributed by atoms with Gasteiger partial charge in [0.1, 0.15) is 6.10 Å². The normalized spacial score (nSPS) is 16.3. The summed E-state index contributed by atoms with van der Waals surface area (Å²) in [4.78, 5) is 0. The molecule has 2 aromatic carbocycles. The molecule has 1 heteroatoms. The van der Waals surface area contributed by atoms with Crippen molar-refractivity contribution in [2.75, 3.05) is 0 Å². The fourth-order valence-corrected chi connectivity index (χ4v) is 1.89. The third-order valence-corrected chi connectivity index (χ3v) is 3.09. The highest BCUT2D eigenvalue weighted by molar-refractivity contribution is 5.83. The van der Waals surface area contributed by atoms with Crippen LogP contribution in [0.2, 0.25) is 0 Å². The Hall–Kier alpha value is -1.78. The molecular formula is C16H14O. The van der Waals surface area contributed by atoms with Crippen LogP contribution in [0.5, 0.6) is 0 Å². The van der Waals surface area contributed by atoms with E-state index in [1.165, 1.54) is 18.2 Å². The SMILES string of the molecule is OC(C#CC1CC1)c1ccc2ccccc2c1. The molecule has 1 aliphatic carbocycles. The summed E-state index contributed by atoms with van der Waals surface area (Å²) < 4.78 is 0. The smallest absolute Gasteiger partial charge is 0.140 e. The van der Waals surface area contributed by atoms with Crippen LogP contribution in [0, 0.1) is 17.8 Å². The highest BCUT2D eigenvalue weighted by Crippen LogP contribution is 2.28. The molecule has 0 saturated heterocycles. The first-order valence-electron chi connectivity index (χ1n) is 6.01. The maximum Gasteiger partial charge on any atom is 0.140 e. The summed E-state index contributed by atoms with van der Waals surface area (Å²) in [7, 11) is 0. The summed E-state index contributed by atoms with van der Waals surface area (Å²) in [6, 6.07) is 14.2. The summed E-state index contributed by atoms with van der Waals surface area (Å²) in [5.41, 5.74) is 0.886. The predicted octanol–water partition coefficient (Wildman–Crippen LogP) is 3.29. The number of rotatable bonds is 1. The monoisotopic (exact) mass is 222 g/mol. The Balaban J connectivity index is 1.92. The van der Waals surface area contributed by atoms with Crippen LogP contribution < -0.4 is 0 Å². The average molecular weight is 222 g/mol. The Kier molecular flexibility index (Phi) is 2.59. The van der Waals surface area contributed by atoms with Crippen LogP contribution in [0.4, 0.5) is 0 Å². The molecule has 0 spiro atoms. The highest BCUT2D eigenvalue weighted by atomic mass is 16.3. The first-order chi connectivity index (χ1) is 8.33. The molecule has 1 atom stereocenters. The highest BCUT2D eigenvalue weighted by Gasteiger charge is 2.18. The van der Waals surface area contributed by atoms with Crippen molar-refractivity contribution >= 4 is 10.8 Å². The van der Waals surface area contributed by atoms with Gasteiger partial charge in [-0.2, -0.15) is 0 Å². The van der Waals surface area contributed by atoms with Crippen LogP contribution in [0.15, 0.2) is 42.5 Å². The molecule has 0 bridgehead atoms. The topological polar surface area (TPSA) is 20.2 Å². The van der Waals surface area contributed by atoms with E-state index in [1.54, 1.807) is 0 Å². The van der Waals surface area contributed by atoms with Crippen molar-refractivity contribution in [2.24, 2.45) is 5.92 Å². The van der Waals surface area contributed by atoms with Gasteiger partial charge in [0.2, 0.25) is 0 Å². The summed E-state index contributed by atoms with van der Waals surface area (Å²) in [6.45, 7) is 0. The lowest BCUT2D eigenvalue weighted by Crippen LogP contribution is -1.93. The number of aliphatic hydroxyl groups is 1. The van der Waals surface area contributed by atoms with E-state index < -0.39 is 6.10 Å². The summed E-state index contributed by atoms with van der Waals surface area (Å²) >= 11 is 0. The van der Waals surface area contributed by atoms with Crippen LogP contribution in [-0.2, 0) is 0 Å². The number of hydrogen-bond acceptors (Lipinski definition) is 1. The second-order valence-corrected chi connectivity index (χ2v) is 4.57. The summed E-state index contributed by atoms with van der Waals surface area (Å²) in [5.74, 6) is 6.57. The molecule has 17 heavy (non-hydrogen) atoms. The van der Waals surface area contributed by atoms with Gasteiger partial charge in [-0.15, -0.1) is 0 Å². The zero-order valence-corrected chi connectivity index (χ0v) is 9.56. The maximum absolute atomic E-state index is 9.98. The third-order valence-electron chi connectivity index (χ3n) is 3.09. The minimum Gasteiger partial charge on any atom is -0.376 e. The third kappa shape index (κ3) is 2.33. The second-order valence-electron chi connectivity index (χ2n) is 4.57. The molecule has 84 valence electrons. The van der Waals surface area contributed by atoms with Crippen molar-refractivity contribution in [3.05, 3.63) is 48.0 Å². The molecule has 1 nitrogen and oxygen atoms in total. The van der Waals surface area contributed by atoms with Gasteiger partial charge in [0.05, 0.1) is 0 Å². The number of aliphatic hydroxyl groups excluding tert-OH is 1. The van der Waals surface area contributed by atoms with E-state index in [0.29, 0.717) is 5.92 Å². The molecular weight excluding hydrogens is 208 g/mol. The minimum absolute atomic E-state index is 0.533. The summed E-state index contributed by atoms with van der Waals surface area (Å²) in [5, 5.41) is 12.3. The van der Waals surface area contributed by atoms with Crippen LogP contribution in [-0.4, -0.2) is 5.11 Å². The van der Waals surface area contributed by atoms with E-state index in [1.807, 2.05) is 30.3 Å². The van der Waals surface area contributed by atoms with Crippen LogP contribution in [0.25, 0.3) is 10.8 Å². The largest absolute Gasteiger partial charge is 0.376 e. The molecule has 3 rings (SSSR count). The van der Waals surface area contributed by atoms with Gasteiger partial charge in [0, 0.05) is 5.92 Å². The van der Waals surface area contributed by atoms with E-state index in [0.717, 1.165) is 10.9 Å². The molecule has 0 aliphatic heterocycles. The Bertz CT molecular complexity index is 599. The Labute approximate surface area is 101 Å². The minimum atomic E-state index is -0.653. The molecule has 1 saturated carbocycles. The van der Waals surface area contributed by atoms with E-state index in [2.05, 4.69) is 24.0 Å². The van der Waals surface area contributed by atoms with Crippen molar-refractivity contribution in [1.29, 1.82) is 0 Å². The zero-order valence-electron chi connectivity index (χ0n) is 9.56. The lowest BCUT2D eigenvalue weighted by atomic mass is 10.0. The van der Waals surface area contributed by atoms with Gasteiger partial charge in [-0.3, -0.25) is 0 Å². The Morgan fingerprint density at radius 1 is 1.06 bits per heavy atom. The van der Waals surface area contributed by atoms with Crippen LogP contribution >= 0.6 is 0 Å².